The highest BCUT2D eigenvalue weighted by Gasteiger charge is 2.23. The second-order valence-electron chi connectivity index (χ2n) is 4.28. The monoisotopic (exact) mass is 322 g/mol. The molecular weight excluding hydrogens is 307 g/mol. The Morgan fingerprint density at radius 1 is 1.35 bits per heavy atom. The largest absolute Gasteiger partial charge is 0.324 e. The van der Waals surface area contributed by atoms with Crippen molar-refractivity contribution < 1.29 is 4.39 Å². The molecule has 1 fully saturated rings. The quantitative estimate of drug-likeness (QED) is 0.878. The molecule has 1 aliphatic rings. The fraction of sp³-hybridized carbons (Fsp3) is 0.500. The van der Waals surface area contributed by atoms with Gasteiger partial charge < -0.3 is 11.1 Å². The second-order valence-corrected chi connectivity index (χ2v) is 5.13. The van der Waals surface area contributed by atoms with Crippen LogP contribution < -0.4 is 11.1 Å². The third-order valence-electron chi connectivity index (χ3n) is 3.21. The molecule has 1 saturated heterocycles. The van der Waals surface area contributed by atoms with Gasteiger partial charge in [0.1, 0.15) is 5.82 Å². The first-order valence-electron chi connectivity index (χ1n) is 5.59. The number of hydrogen-bond acceptors (Lipinski definition) is 2. The van der Waals surface area contributed by atoms with Crippen LogP contribution in [0.5, 0.6) is 0 Å². The molecule has 0 aromatic heterocycles. The first kappa shape index (κ1) is 14.9. The van der Waals surface area contributed by atoms with E-state index in [0.717, 1.165) is 36.0 Å². The van der Waals surface area contributed by atoms with E-state index in [1.54, 1.807) is 6.07 Å². The number of benzene rings is 1. The number of nitrogens with two attached hydrogens (primary N) is 1. The van der Waals surface area contributed by atoms with Crippen molar-refractivity contribution in [2.24, 2.45) is 11.7 Å². The zero-order valence-electron chi connectivity index (χ0n) is 9.46. The van der Waals surface area contributed by atoms with E-state index < -0.39 is 0 Å². The molecule has 0 unspecified atom stereocenters. The lowest BCUT2D eigenvalue weighted by Gasteiger charge is -2.28. The fourth-order valence-electron chi connectivity index (χ4n) is 2.23. The summed E-state index contributed by atoms with van der Waals surface area (Å²) in [7, 11) is 0. The van der Waals surface area contributed by atoms with Gasteiger partial charge in [0.25, 0.3) is 0 Å². The zero-order valence-corrected chi connectivity index (χ0v) is 11.9. The first-order chi connectivity index (χ1) is 7.68. The molecule has 0 spiro atoms. The van der Waals surface area contributed by atoms with E-state index >= 15 is 0 Å². The molecule has 1 heterocycles. The molecule has 0 amide bonds. The van der Waals surface area contributed by atoms with Crippen molar-refractivity contribution in [2.75, 3.05) is 13.1 Å². The molecule has 0 radical (unpaired) electrons. The van der Waals surface area contributed by atoms with Gasteiger partial charge in [0.2, 0.25) is 0 Å². The van der Waals surface area contributed by atoms with Crippen LogP contribution in [0.15, 0.2) is 22.7 Å². The van der Waals surface area contributed by atoms with Crippen molar-refractivity contribution in [3.8, 4) is 0 Å². The standard InChI is InChI=1S/C12H16BrFN2.ClH/c13-11-2-1-9(14)7-10(11)12(15)8-3-5-16-6-4-8;/h1-2,7-8,12,16H,3-6,15H2;1H/t12-;/m1./s1. The molecule has 3 N–H and O–H groups in total. The van der Waals surface area contributed by atoms with E-state index in [4.69, 9.17) is 5.73 Å². The van der Waals surface area contributed by atoms with Crippen molar-refractivity contribution >= 4 is 28.3 Å². The number of rotatable bonds is 2. The topological polar surface area (TPSA) is 38.0 Å². The minimum absolute atomic E-state index is 0. The number of piperidine rings is 1. The summed E-state index contributed by atoms with van der Waals surface area (Å²) >= 11 is 3.44. The maximum absolute atomic E-state index is 13.2. The summed E-state index contributed by atoms with van der Waals surface area (Å²) < 4.78 is 14.1. The molecular formula is C12H17BrClFN2. The lowest BCUT2D eigenvalue weighted by Crippen LogP contribution is -2.33. The number of nitrogens with one attached hydrogen (secondary N) is 1. The van der Waals surface area contributed by atoms with Crippen LogP contribution >= 0.6 is 28.3 Å². The lowest BCUT2D eigenvalue weighted by molar-refractivity contribution is 0.321. The summed E-state index contributed by atoms with van der Waals surface area (Å²) in [5, 5.41) is 3.31. The number of halogens is 3. The van der Waals surface area contributed by atoms with Crippen molar-refractivity contribution in [1.82, 2.24) is 5.32 Å². The molecule has 0 aliphatic carbocycles. The predicted molar refractivity (Wildman–Crippen MR) is 73.9 cm³/mol. The third-order valence-corrected chi connectivity index (χ3v) is 3.93. The minimum Gasteiger partial charge on any atom is -0.324 e. The van der Waals surface area contributed by atoms with Gasteiger partial charge in [0.15, 0.2) is 0 Å². The Hall–Kier alpha value is -0.160. The van der Waals surface area contributed by atoms with E-state index in [0.29, 0.717) is 5.92 Å². The van der Waals surface area contributed by atoms with E-state index in [-0.39, 0.29) is 24.3 Å². The van der Waals surface area contributed by atoms with E-state index in [1.165, 1.54) is 12.1 Å². The summed E-state index contributed by atoms with van der Waals surface area (Å²) in [5.74, 6) is 0.224. The zero-order chi connectivity index (χ0) is 11.5. The summed E-state index contributed by atoms with van der Waals surface area (Å²) in [4.78, 5) is 0. The highest BCUT2D eigenvalue weighted by molar-refractivity contribution is 9.10. The van der Waals surface area contributed by atoms with Gasteiger partial charge in [-0.2, -0.15) is 0 Å². The Balaban J connectivity index is 0.00000144. The van der Waals surface area contributed by atoms with Gasteiger partial charge >= 0.3 is 0 Å². The molecule has 17 heavy (non-hydrogen) atoms. The van der Waals surface area contributed by atoms with Crippen LogP contribution in [0.4, 0.5) is 4.39 Å². The van der Waals surface area contributed by atoms with Gasteiger partial charge in [-0.1, -0.05) is 15.9 Å². The molecule has 1 aliphatic heterocycles. The van der Waals surface area contributed by atoms with Crippen molar-refractivity contribution in [1.29, 1.82) is 0 Å². The molecule has 1 aromatic rings. The second kappa shape index (κ2) is 6.69. The van der Waals surface area contributed by atoms with Crippen molar-refractivity contribution in [3.63, 3.8) is 0 Å². The highest BCUT2D eigenvalue weighted by Crippen LogP contribution is 2.31. The maximum atomic E-state index is 13.2. The van der Waals surface area contributed by atoms with E-state index in [1.807, 2.05) is 0 Å². The van der Waals surface area contributed by atoms with Gasteiger partial charge in [-0.15, -0.1) is 12.4 Å². The van der Waals surface area contributed by atoms with Gasteiger partial charge in [0.05, 0.1) is 0 Å². The van der Waals surface area contributed by atoms with Crippen molar-refractivity contribution in [3.05, 3.63) is 34.1 Å². The van der Waals surface area contributed by atoms with E-state index in [2.05, 4.69) is 21.2 Å². The SMILES string of the molecule is Cl.N[C@@H](c1cc(F)ccc1Br)C1CCNCC1. The van der Waals surface area contributed by atoms with Crippen LogP contribution in [0.3, 0.4) is 0 Å². The third kappa shape index (κ3) is 3.65. The van der Waals surface area contributed by atoms with Crippen LogP contribution in [0.1, 0.15) is 24.4 Å². The molecule has 2 rings (SSSR count). The molecule has 0 saturated carbocycles. The summed E-state index contributed by atoms with van der Waals surface area (Å²) in [6.45, 7) is 2.01. The smallest absolute Gasteiger partial charge is 0.123 e. The number of hydrogen-bond donors (Lipinski definition) is 2. The van der Waals surface area contributed by atoms with Crippen LogP contribution in [0.2, 0.25) is 0 Å². The van der Waals surface area contributed by atoms with Gasteiger partial charge in [-0.05, 0) is 55.6 Å². The van der Waals surface area contributed by atoms with Crippen LogP contribution in [-0.2, 0) is 0 Å². The molecule has 1 atom stereocenters. The van der Waals surface area contributed by atoms with E-state index in [9.17, 15) is 4.39 Å². The van der Waals surface area contributed by atoms with Gasteiger partial charge in [-0.25, -0.2) is 4.39 Å². The fourth-order valence-corrected chi connectivity index (χ4v) is 2.74. The van der Waals surface area contributed by atoms with Crippen LogP contribution in [-0.4, -0.2) is 13.1 Å². The average molecular weight is 324 g/mol. The Labute approximate surface area is 116 Å². The maximum Gasteiger partial charge on any atom is 0.123 e. The van der Waals surface area contributed by atoms with Gasteiger partial charge in [0, 0.05) is 10.5 Å². The van der Waals surface area contributed by atoms with Gasteiger partial charge in [-0.3, -0.25) is 0 Å². The average Bonchev–Trinajstić information content (AvgIpc) is 2.32. The summed E-state index contributed by atoms with van der Waals surface area (Å²) in [6.07, 6.45) is 2.12. The molecule has 0 bridgehead atoms. The molecule has 5 heteroatoms. The first-order valence-corrected chi connectivity index (χ1v) is 6.39. The summed E-state index contributed by atoms with van der Waals surface area (Å²) in [5.41, 5.74) is 7.10. The van der Waals surface area contributed by atoms with Crippen LogP contribution in [0, 0.1) is 11.7 Å². The lowest BCUT2D eigenvalue weighted by atomic mass is 9.86. The normalized spacial score (nSPS) is 18.5. The predicted octanol–water partition coefficient (Wildman–Crippen LogP) is 3.01. The Morgan fingerprint density at radius 2 is 2.00 bits per heavy atom. The highest BCUT2D eigenvalue weighted by atomic mass is 79.9. The molecule has 1 aromatic carbocycles. The van der Waals surface area contributed by atoms with Crippen molar-refractivity contribution in [2.45, 2.75) is 18.9 Å². The Kier molecular flexibility index (Phi) is 5.86. The molecule has 2 nitrogen and oxygen atoms in total. The Bertz CT molecular complexity index is 370. The molecule has 96 valence electrons. The summed E-state index contributed by atoms with van der Waals surface area (Å²) in [6, 6.07) is 4.64. The van der Waals surface area contributed by atoms with Crippen LogP contribution in [0.25, 0.3) is 0 Å². The minimum atomic E-state index is -0.220. The Morgan fingerprint density at radius 3 is 2.65 bits per heavy atom.